The number of aryl methyl sites for hydroxylation is 1. The van der Waals surface area contributed by atoms with Crippen LogP contribution in [0.25, 0.3) is 0 Å². The summed E-state index contributed by atoms with van der Waals surface area (Å²) in [6.07, 6.45) is 5.23. The predicted molar refractivity (Wildman–Crippen MR) is 59.6 cm³/mol. The summed E-state index contributed by atoms with van der Waals surface area (Å²) in [6, 6.07) is 0. The third kappa shape index (κ3) is 5.31. The van der Waals surface area contributed by atoms with Crippen LogP contribution in [0, 0.1) is 6.92 Å². The van der Waals surface area contributed by atoms with E-state index in [0.717, 1.165) is 5.56 Å². The van der Waals surface area contributed by atoms with Crippen molar-refractivity contribution in [3.8, 4) is 0 Å². The SMILES string of the molecule is Cc1cnc(NCCCS(C)(=O)=O)nc1. The lowest BCUT2D eigenvalue weighted by Gasteiger charge is -2.03. The van der Waals surface area contributed by atoms with E-state index in [4.69, 9.17) is 0 Å². The van der Waals surface area contributed by atoms with Crippen LogP contribution in [0.1, 0.15) is 12.0 Å². The summed E-state index contributed by atoms with van der Waals surface area (Å²) in [5.41, 5.74) is 0.997. The molecule has 0 aliphatic carbocycles. The van der Waals surface area contributed by atoms with Gasteiger partial charge in [-0.05, 0) is 18.9 Å². The van der Waals surface area contributed by atoms with Crippen LogP contribution in [0.2, 0.25) is 0 Å². The van der Waals surface area contributed by atoms with E-state index < -0.39 is 9.84 Å². The van der Waals surface area contributed by atoms with Crippen molar-refractivity contribution in [3.63, 3.8) is 0 Å². The van der Waals surface area contributed by atoms with Crippen LogP contribution in [-0.2, 0) is 9.84 Å². The van der Waals surface area contributed by atoms with Crippen molar-refractivity contribution in [2.75, 3.05) is 23.9 Å². The number of nitrogens with one attached hydrogen (secondary N) is 1. The Morgan fingerprint density at radius 1 is 1.33 bits per heavy atom. The highest BCUT2D eigenvalue weighted by Gasteiger charge is 2.01. The molecule has 1 rings (SSSR count). The Morgan fingerprint density at radius 3 is 2.47 bits per heavy atom. The molecule has 15 heavy (non-hydrogen) atoms. The molecular weight excluding hydrogens is 214 g/mol. The lowest BCUT2D eigenvalue weighted by atomic mass is 10.4. The first-order valence-electron chi connectivity index (χ1n) is 4.67. The number of rotatable bonds is 5. The van der Waals surface area contributed by atoms with Crippen molar-refractivity contribution in [2.45, 2.75) is 13.3 Å². The standard InChI is InChI=1S/C9H15N3O2S/c1-8-6-11-9(12-7-8)10-4-3-5-15(2,13)14/h6-7H,3-5H2,1-2H3,(H,10,11,12). The van der Waals surface area contributed by atoms with Crippen molar-refractivity contribution in [2.24, 2.45) is 0 Å². The van der Waals surface area contributed by atoms with Crippen molar-refractivity contribution < 1.29 is 8.42 Å². The van der Waals surface area contributed by atoms with Gasteiger partial charge in [-0.2, -0.15) is 0 Å². The van der Waals surface area contributed by atoms with Gasteiger partial charge in [0.1, 0.15) is 9.84 Å². The molecule has 1 aromatic heterocycles. The van der Waals surface area contributed by atoms with Gasteiger partial charge >= 0.3 is 0 Å². The van der Waals surface area contributed by atoms with E-state index >= 15 is 0 Å². The maximum Gasteiger partial charge on any atom is 0.222 e. The maximum absolute atomic E-state index is 10.8. The number of anilines is 1. The first-order valence-corrected chi connectivity index (χ1v) is 6.74. The van der Waals surface area contributed by atoms with E-state index in [0.29, 0.717) is 18.9 Å². The average molecular weight is 229 g/mol. The van der Waals surface area contributed by atoms with Crippen molar-refractivity contribution in [1.82, 2.24) is 9.97 Å². The molecule has 0 fully saturated rings. The van der Waals surface area contributed by atoms with Gasteiger partial charge in [-0.25, -0.2) is 18.4 Å². The predicted octanol–water partition coefficient (Wildman–Crippen LogP) is 0.632. The van der Waals surface area contributed by atoms with Crippen molar-refractivity contribution in [3.05, 3.63) is 18.0 Å². The second-order valence-corrected chi connectivity index (χ2v) is 5.75. The van der Waals surface area contributed by atoms with Gasteiger partial charge in [0.05, 0.1) is 5.75 Å². The van der Waals surface area contributed by atoms with Crippen LogP contribution in [0.4, 0.5) is 5.95 Å². The molecule has 6 heteroatoms. The fraction of sp³-hybridized carbons (Fsp3) is 0.556. The van der Waals surface area contributed by atoms with Crippen LogP contribution >= 0.6 is 0 Å². The summed E-state index contributed by atoms with van der Waals surface area (Å²) in [5.74, 6) is 0.723. The van der Waals surface area contributed by atoms with E-state index in [9.17, 15) is 8.42 Å². The Morgan fingerprint density at radius 2 is 1.93 bits per heavy atom. The highest BCUT2D eigenvalue weighted by atomic mass is 32.2. The number of aromatic nitrogens is 2. The molecule has 0 radical (unpaired) electrons. The fourth-order valence-corrected chi connectivity index (χ4v) is 1.69. The van der Waals surface area contributed by atoms with Gasteiger partial charge in [-0.1, -0.05) is 0 Å². The molecule has 1 aromatic rings. The van der Waals surface area contributed by atoms with E-state index in [-0.39, 0.29) is 5.75 Å². The molecule has 0 saturated heterocycles. The minimum atomic E-state index is -2.87. The first-order chi connectivity index (χ1) is 6.97. The van der Waals surface area contributed by atoms with Gasteiger partial charge in [0, 0.05) is 25.2 Å². The van der Waals surface area contributed by atoms with Crippen LogP contribution in [0.5, 0.6) is 0 Å². The molecule has 0 bridgehead atoms. The normalized spacial score (nSPS) is 11.3. The Kier molecular flexibility index (Phi) is 4.02. The minimum absolute atomic E-state index is 0.186. The molecule has 84 valence electrons. The molecule has 1 heterocycles. The quantitative estimate of drug-likeness (QED) is 0.750. The Hall–Kier alpha value is -1.17. The zero-order valence-corrected chi connectivity index (χ0v) is 9.71. The van der Waals surface area contributed by atoms with Crippen LogP contribution in [0.15, 0.2) is 12.4 Å². The zero-order valence-electron chi connectivity index (χ0n) is 8.90. The Labute approximate surface area is 89.9 Å². The molecule has 0 amide bonds. The first kappa shape index (κ1) is 11.9. The molecule has 0 atom stereocenters. The highest BCUT2D eigenvalue weighted by molar-refractivity contribution is 7.90. The molecule has 0 saturated carbocycles. The maximum atomic E-state index is 10.8. The molecule has 0 unspecified atom stereocenters. The third-order valence-corrected chi connectivity index (χ3v) is 2.79. The average Bonchev–Trinajstić information content (AvgIpc) is 2.14. The van der Waals surface area contributed by atoms with Gasteiger partial charge in [0.25, 0.3) is 0 Å². The molecule has 0 aliphatic heterocycles. The summed E-state index contributed by atoms with van der Waals surface area (Å²) < 4.78 is 21.7. The van der Waals surface area contributed by atoms with Crippen LogP contribution in [0.3, 0.4) is 0 Å². The Balaban J connectivity index is 2.29. The summed E-state index contributed by atoms with van der Waals surface area (Å²) >= 11 is 0. The third-order valence-electron chi connectivity index (χ3n) is 1.76. The smallest absolute Gasteiger partial charge is 0.222 e. The topological polar surface area (TPSA) is 72.0 Å². The van der Waals surface area contributed by atoms with Gasteiger partial charge in [0.15, 0.2) is 0 Å². The van der Waals surface area contributed by atoms with E-state index in [1.807, 2.05) is 6.92 Å². The largest absolute Gasteiger partial charge is 0.354 e. The van der Waals surface area contributed by atoms with Gasteiger partial charge in [-0.3, -0.25) is 0 Å². The lowest BCUT2D eigenvalue weighted by molar-refractivity contribution is 0.600. The molecular formula is C9H15N3O2S. The highest BCUT2D eigenvalue weighted by Crippen LogP contribution is 1.98. The van der Waals surface area contributed by atoms with E-state index in [1.54, 1.807) is 12.4 Å². The number of sulfone groups is 1. The minimum Gasteiger partial charge on any atom is -0.354 e. The van der Waals surface area contributed by atoms with Gasteiger partial charge in [0.2, 0.25) is 5.95 Å². The fourth-order valence-electron chi connectivity index (χ4n) is 1.02. The summed E-state index contributed by atoms with van der Waals surface area (Å²) in [7, 11) is -2.87. The Bertz CT molecular complexity index is 400. The number of hydrogen-bond acceptors (Lipinski definition) is 5. The van der Waals surface area contributed by atoms with Crippen molar-refractivity contribution >= 4 is 15.8 Å². The molecule has 0 aliphatic rings. The second kappa shape index (κ2) is 5.06. The number of hydrogen-bond donors (Lipinski definition) is 1. The summed E-state index contributed by atoms with van der Waals surface area (Å²) in [5, 5.41) is 2.96. The van der Waals surface area contributed by atoms with E-state index in [2.05, 4.69) is 15.3 Å². The van der Waals surface area contributed by atoms with Crippen molar-refractivity contribution in [1.29, 1.82) is 0 Å². The van der Waals surface area contributed by atoms with Gasteiger partial charge in [-0.15, -0.1) is 0 Å². The van der Waals surface area contributed by atoms with E-state index in [1.165, 1.54) is 6.26 Å². The summed E-state index contributed by atoms with van der Waals surface area (Å²) in [4.78, 5) is 8.08. The number of nitrogens with zero attached hydrogens (tertiary/aromatic N) is 2. The summed E-state index contributed by atoms with van der Waals surface area (Å²) in [6.45, 7) is 2.48. The lowest BCUT2D eigenvalue weighted by Crippen LogP contribution is -2.11. The van der Waals surface area contributed by atoms with Crippen LogP contribution in [-0.4, -0.2) is 36.9 Å². The van der Waals surface area contributed by atoms with Gasteiger partial charge < -0.3 is 5.32 Å². The monoisotopic (exact) mass is 229 g/mol. The van der Waals surface area contributed by atoms with Crippen LogP contribution < -0.4 is 5.32 Å². The zero-order chi connectivity index (χ0) is 11.3. The molecule has 5 nitrogen and oxygen atoms in total. The molecule has 1 N–H and O–H groups in total. The second-order valence-electron chi connectivity index (χ2n) is 3.49. The molecule has 0 spiro atoms. The molecule has 0 aromatic carbocycles.